The van der Waals surface area contributed by atoms with Crippen molar-refractivity contribution in [3.05, 3.63) is 33.9 Å². The molecule has 2 aliphatic rings. The quantitative estimate of drug-likeness (QED) is 0.274. The summed E-state index contributed by atoms with van der Waals surface area (Å²) in [5.41, 5.74) is 6.53. The van der Waals surface area contributed by atoms with Gasteiger partial charge in [0.1, 0.15) is 0 Å². The van der Waals surface area contributed by atoms with Crippen LogP contribution in [0.2, 0.25) is 0 Å². The summed E-state index contributed by atoms with van der Waals surface area (Å²) in [5.74, 6) is 1.61. The van der Waals surface area contributed by atoms with Crippen molar-refractivity contribution in [2.24, 2.45) is 11.8 Å². The van der Waals surface area contributed by atoms with Crippen LogP contribution >= 0.6 is 9.24 Å². The van der Waals surface area contributed by atoms with Gasteiger partial charge in [-0.15, -0.1) is 9.24 Å². The van der Waals surface area contributed by atoms with Crippen LogP contribution in [0.1, 0.15) is 86.0 Å². The van der Waals surface area contributed by atoms with Crippen LogP contribution in [-0.4, -0.2) is 28.1 Å². The third-order valence-electron chi connectivity index (χ3n) is 6.38. The fourth-order valence-electron chi connectivity index (χ4n) is 4.45. The molecule has 4 unspecified atom stereocenters. The maximum absolute atomic E-state index is 10.3. The molecule has 3 heteroatoms. The van der Waals surface area contributed by atoms with Gasteiger partial charge in [0.2, 0.25) is 0 Å². The van der Waals surface area contributed by atoms with Crippen molar-refractivity contribution in [3.63, 3.8) is 0 Å². The minimum absolute atomic E-state index is 0.216. The van der Waals surface area contributed by atoms with Gasteiger partial charge in [0, 0.05) is 0 Å². The second kappa shape index (κ2) is 9.86. The molecule has 0 saturated heterocycles. The first-order chi connectivity index (χ1) is 12.6. The Morgan fingerprint density at radius 3 is 2.52 bits per heavy atom. The molecule has 2 aliphatic carbocycles. The van der Waals surface area contributed by atoms with Crippen LogP contribution in [0.5, 0.6) is 0 Å². The summed E-state index contributed by atoms with van der Waals surface area (Å²) in [5, 5.41) is 20.2. The summed E-state index contributed by atoms with van der Waals surface area (Å²) in [4.78, 5) is 0. The highest BCUT2D eigenvalue weighted by molar-refractivity contribution is 7.16. The topological polar surface area (TPSA) is 40.5 Å². The van der Waals surface area contributed by atoms with Crippen molar-refractivity contribution in [1.29, 1.82) is 0 Å². The first kappa shape index (κ1) is 22.9. The standard InChI is InChI=1S/C24H41O2P/c1-16(2)22(15-20-8-9-23(25)21(20)11-13-27)17(3)6-7-18-14-19(18)10-12-24(4,5)26/h6,18-19,23,25-26H,7-15,27H2,1-5H3/b17-6-. The summed E-state index contributed by atoms with van der Waals surface area (Å²) in [6.07, 6.45) is 11.8. The summed E-state index contributed by atoms with van der Waals surface area (Å²) < 4.78 is 0. The van der Waals surface area contributed by atoms with Crippen LogP contribution in [-0.2, 0) is 0 Å². The lowest BCUT2D eigenvalue weighted by Gasteiger charge is -2.16. The molecule has 0 amide bonds. The highest BCUT2D eigenvalue weighted by atomic mass is 31.0. The zero-order chi connectivity index (χ0) is 20.2. The van der Waals surface area contributed by atoms with Gasteiger partial charge in [-0.25, -0.2) is 0 Å². The molecule has 27 heavy (non-hydrogen) atoms. The minimum atomic E-state index is -0.525. The molecule has 0 bridgehead atoms. The fraction of sp³-hybridized carbons (Fsp3) is 0.750. The van der Waals surface area contributed by atoms with E-state index in [1.54, 1.807) is 0 Å². The maximum Gasteiger partial charge on any atom is 0.0756 e. The zero-order valence-corrected chi connectivity index (χ0v) is 19.3. The molecule has 0 spiro atoms. The van der Waals surface area contributed by atoms with E-state index in [0.717, 1.165) is 56.5 Å². The Morgan fingerprint density at radius 1 is 1.22 bits per heavy atom. The average Bonchev–Trinajstić information content (AvgIpc) is 3.25. The Hall–Kier alpha value is -0.430. The highest BCUT2D eigenvalue weighted by Crippen LogP contribution is 2.46. The van der Waals surface area contributed by atoms with Gasteiger partial charge in [-0.1, -0.05) is 22.8 Å². The monoisotopic (exact) mass is 392 g/mol. The minimum Gasteiger partial charge on any atom is -0.390 e. The van der Waals surface area contributed by atoms with Gasteiger partial charge in [0.05, 0.1) is 11.7 Å². The van der Waals surface area contributed by atoms with Crippen LogP contribution in [0.15, 0.2) is 33.9 Å². The molecule has 1 fully saturated rings. The van der Waals surface area contributed by atoms with E-state index in [0.29, 0.717) is 0 Å². The third-order valence-corrected chi connectivity index (χ3v) is 6.67. The van der Waals surface area contributed by atoms with Crippen molar-refractivity contribution in [2.45, 2.75) is 97.7 Å². The predicted octanol–water partition coefficient (Wildman–Crippen LogP) is 5.95. The second-order valence-corrected chi connectivity index (χ2v) is 10.2. The molecule has 2 rings (SSSR count). The molecule has 2 nitrogen and oxygen atoms in total. The van der Waals surface area contributed by atoms with E-state index in [2.05, 4.69) is 36.1 Å². The normalized spacial score (nSPS) is 25.9. The van der Waals surface area contributed by atoms with E-state index in [1.807, 2.05) is 13.8 Å². The van der Waals surface area contributed by atoms with Crippen molar-refractivity contribution >= 4 is 9.24 Å². The molecule has 2 N–H and O–H groups in total. The van der Waals surface area contributed by atoms with Crippen LogP contribution < -0.4 is 0 Å². The summed E-state index contributed by atoms with van der Waals surface area (Å²) in [7, 11) is 2.79. The summed E-state index contributed by atoms with van der Waals surface area (Å²) >= 11 is 0. The molecular weight excluding hydrogens is 351 g/mol. The second-order valence-electron chi connectivity index (χ2n) is 9.61. The van der Waals surface area contributed by atoms with E-state index in [9.17, 15) is 10.2 Å². The van der Waals surface area contributed by atoms with E-state index >= 15 is 0 Å². The summed E-state index contributed by atoms with van der Waals surface area (Å²) in [6.45, 7) is 10.5. The number of rotatable bonds is 10. The molecule has 1 saturated carbocycles. The summed E-state index contributed by atoms with van der Waals surface area (Å²) in [6, 6.07) is 0. The lowest BCUT2D eigenvalue weighted by Crippen LogP contribution is -2.18. The van der Waals surface area contributed by atoms with Gasteiger partial charge < -0.3 is 10.2 Å². The molecule has 4 atom stereocenters. The maximum atomic E-state index is 10.3. The Labute approximate surface area is 169 Å². The Morgan fingerprint density at radius 2 is 1.93 bits per heavy atom. The van der Waals surface area contributed by atoms with Gasteiger partial charge in [0.25, 0.3) is 0 Å². The largest absolute Gasteiger partial charge is 0.390 e. The first-order valence-electron chi connectivity index (χ1n) is 10.8. The number of hydrogen-bond donors (Lipinski definition) is 2. The van der Waals surface area contributed by atoms with Crippen molar-refractivity contribution in [3.8, 4) is 0 Å². The number of aliphatic hydroxyl groups is 2. The average molecular weight is 393 g/mol. The van der Waals surface area contributed by atoms with Gasteiger partial charge >= 0.3 is 0 Å². The number of aliphatic hydroxyl groups excluding tert-OH is 1. The van der Waals surface area contributed by atoms with Crippen LogP contribution in [0.3, 0.4) is 0 Å². The number of hydrogen-bond acceptors (Lipinski definition) is 2. The van der Waals surface area contributed by atoms with E-state index < -0.39 is 5.60 Å². The molecule has 0 aromatic carbocycles. The Kier molecular flexibility index (Phi) is 8.34. The van der Waals surface area contributed by atoms with E-state index in [-0.39, 0.29) is 6.10 Å². The molecular formula is C24H41O2P. The van der Waals surface area contributed by atoms with Gasteiger partial charge in [-0.05, 0) is 115 Å². The zero-order valence-electron chi connectivity index (χ0n) is 18.1. The SMILES string of the molecule is CC(C)=C(CC1=C(CCP)C(O)CC1)/C(C)=C\CC1CC1CCC(C)(C)O. The number of allylic oxidation sites excluding steroid dienone is 5. The first-order valence-corrected chi connectivity index (χ1v) is 11.6. The van der Waals surface area contributed by atoms with E-state index in [1.165, 1.54) is 40.7 Å². The van der Waals surface area contributed by atoms with Gasteiger partial charge in [0.15, 0.2) is 0 Å². The molecule has 0 radical (unpaired) electrons. The van der Waals surface area contributed by atoms with Crippen LogP contribution in [0, 0.1) is 11.8 Å². The predicted molar refractivity (Wildman–Crippen MR) is 120 cm³/mol. The third kappa shape index (κ3) is 7.15. The van der Waals surface area contributed by atoms with Crippen molar-refractivity contribution < 1.29 is 10.2 Å². The van der Waals surface area contributed by atoms with Gasteiger partial charge in [-0.2, -0.15) is 0 Å². The Balaban J connectivity index is 1.95. The molecule has 0 aliphatic heterocycles. The van der Waals surface area contributed by atoms with Crippen molar-refractivity contribution in [2.75, 3.05) is 6.16 Å². The lowest BCUT2D eigenvalue weighted by molar-refractivity contribution is 0.0667. The van der Waals surface area contributed by atoms with E-state index in [4.69, 9.17) is 0 Å². The molecule has 0 aromatic heterocycles. The van der Waals surface area contributed by atoms with Crippen LogP contribution in [0.4, 0.5) is 0 Å². The smallest absolute Gasteiger partial charge is 0.0756 e. The van der Waals surface area contributed by atoms with Gasteiger partial charge in [-0.3, -0.25) is 0 Å². The molecule has 0 aromatic rings. The fourth-order valence-corrected chi connectivity index (χ4v) is 4.76. The van der Waals surface area contributed by atoms with Crippen molar-refractivity contribution in [1.82, 2.24) is 0 Å². The van der Waals surface area contributed by atoms with Crippen LogP contribution in [0.25, 0.3) is 0 Å². The highest BCUT2D eigenvalue weighted by Gasteiger charge is 2.36. The lowest BCUT2D eigenvalue weighted by atomic mass is 9.92. The molecule has 154 valence electrons. The Bertz CT molecular complexity index is 602. The molecule has 0 heterocycles.